The summed E-state index contributed by atoms with van der Waals surface area (Å²) < 4.78 is 37.7. The lowest BCUT2D eigenvalue weighted by atomic mass is 9.87. The molecule has 0 heterocycles. The maximum Gasteiger partial charge on any atom is 0.416 e. The van der Waals surface area contributed by atoms with Gasteiger partial charge in [-0.05, 0) is 29.9 Å². The maximum atomic E-state index is 12.6. The lowest BCUT2D eigenvalue weighted by molar-refractivity contribution is -0.137. The summed E-state index contributed by atoms with van der Waals surface area (Å²) in [6, 6.07) is 5.29. The van der Waals surface area contributed by atoms with E-state index in [1.165, 1.54) is 12.1 Å². The van der Waals surface area contributed by atoms with E-state index in [4.69, 9.17) is 5.73 Å². The van der Waals surface area contributed by atoms with Crippen molar-refractivity contribution in [3.8, 4) is 0 Å². The smallest absolute Gasteiger partial charge is 0.327 e. The van der Waals surface area contributed by atoms with Gasteiger partial charge in [0.05, 0.1) is 5.56 Å². The Morgan fingerprint density at radius 1 is 1.17 bits per heavy atom. The standard InChI is InChI=1S/C14H20F3N/c1-9(2)10(3)13(18)8-11-5-4-6-12(7-11)14(15,16)17/h4-7,9-10,13H,8,18H2,1-3H3. The number of hydrogen-bond acceptors (Lipinski definition) is 1. The molecule has 0 aliphatic heterocycles. The van der Waals surface area contributed by atoms with Crippen LogP contribution in [-0.2, 0) is 12.6 Å². The van der Waals surface area contributed by atoms with Crippen LogP contribution in [0.1, 0.15) is 31.9 Å². The van der Waals surface area contributed by atoms with E-state index in [1.807, 2.05) is 6.92 Å². The number of benzene rings is 1. The van der Waals surface area contributed by atoms with Gasteiger partial charge in [-0.2, -0.15) is 13.2 Å². The van der Waals surface area contributed by atoms with E-state index in [1.54, 1.807) is 6.07 Å². The molecule has 0 fully saturated rings. The third-order valence-electron chi connectivity index (χ3n) is 3.45. The third kappa shape index (κ3) is 4.02. The molecule has 1 aromatic carbocycles. The SMILES string of the molecule is CC(C)C(C)C(N)Cc1cccc(C(F)(F)F)c1. The Balaban J connectivity index is 2.80. The van der Waals surface area contributed by atoms with Gasteiger partial charge in [0.2, 0.25) is 0 Å². The quantitative estimate of drug-likeness (QED) is 0.872. The average molecular weight is 259 g/mol. The lowest BCUT2D eigenvalue weighted by Crippen LogP contribution is -2.33. The molecule has 0 bridgehead atoms. The van der Waals surface area contributed by atoms with Gasteiger partial charge in [-0.1, -0.05) is 39.0 Å². The largest absolute Gasteiger partial charge is 0.416 e. The first-order valence-corrected chi connectivity index (χ1v) is 6.13. The van der Waals surface area contributed by atoms with Crippen LogP contribution in [0.25, 0.3) is 0 Å². The summed E-state index contributed by atoms with van der Waals surface area (Å²) in [5.74, 6) is 0.699. The van der Waals surface area contributed by atoms with Crippen molar-refractivity contribution in [3.63, 3.8) is 0 Å². The van der Waals surface area contributed by atoms with Gasteiger partial charge in [0.25, 0.3) is 0 Å². The van der Waals surface area contributed by atoms with Gasteiger partial charge in [-0.15, -0.1) is 0 Å². The summed E-state index contributed by atoms with van der Waals surface area (Å²) in [5.41, 5.74) is 6.06. The van der Waals surface area contributed by atoms with Crippen molar-refractivity contribution in [1.29, 1.82) is 0 Å². The minimum atomic E-state index is -4.29. The molecule has 1 aromatic rings. The molecule has 0 saturated heterocycles. The highest BCUT2D eigenvalue weighted by Crippen LogP contribution is 2.30. The second-order valence-corrected chi connectivity index (χ2v) is 5.17. The minimum absolute atomic E-state index is 0.117. The van der Waals surface area contributed by atoms with Gasteiger partial charge in [0, 0.05) is 6.04 Å². The van der Waals surface area contributed by atoms with Gasteiger partial charge in [0.15, 0.2) is 0 Å². The first-order valence-electron chi connectivity index (χ1n) is 6.13. The predicted molar refractivity (Wildman–Crippen MR) is 67.1 cm³/mol. The highest BCUT2D eigenvalue weighted by molar-refractivity contribution is 5.26. The van der Waals surface area contributed by atoms with E-state index in [0.717, 1.165) is 6.07 Å². The molecular weight excluding hydrogens is 239 g/mol. The Kier molecular flexibility index (Phi) is 4.79. The molecule has 18 heavy (non-hydrogen) atoms. The molecule has 0 aliphatic rings. The van der Waals surface area contributed by atoms with E-state index in [2.05, 4.69) is 13.8 Å². The normalized spacial score (nSPS) is 15.8. The Bertz CT molecular complexity index is 385. The first kappa shape index (κ1) is 15.0. The zero-order valence-corrected chi connectivity index (χ0v) is 11.0. The van der Waals surface area contributed by atoms with Crippen molar-refractivity contribution < 1.29 is 13.2 Å². The molecule has 0 aliphatic carbocycles. The van der Waals surface area contributed by atoms with E-state index in [-0.39, 0.29) is 12.0 Å². The van der Waals surface area contributed by atoms with Crippen LogP contribution >= 0.6 is 0 Å². The van der Waals surface area contributed by atoms with Crippen molar-refractivity contribution in [2.24, 2.45) is 17.6 Å². The molecule has 0 spiro atoms. The van der Waals surface area contributed by atoms with Crippen molar-refractivity contribution in [2.45, 2.75) is 39.4 Å². The molecular formula is C14H20F3N. The van der Waals surface area contributed by atoms with E-state index in [0.29, 0.717) is 17.9 Å². The Morgan fingerprint density at radius 2 is 1.78 bits per heavy atom. The molecule has 0 aromatic heterocycles. The highest BCUT2D eigenvalue weighted by atomic mass is 19.4. The predicted octanol–water partition coefficient (Wildman–Crippen LogP) is 3.87. The molecule has 2 N–H and O–H groups in total. The van der Waals surface area contributed by atoms with Crippen molar-refractivity contribution in [3.05, 3.63) is 35.4 Å². The molecule has 102 valence electrons. The molecule has 1 rings (SSSR count). The number of halogens is 3. The molecule has 2 atom stereocenters. The highest BCUT2D eigenvalue weighted by Gasteiger charge is 2.30. The van der Waals surface area contributed by atoms with Crippen LogP contribution in [0.2, 0.25) is 0 Å². The molecule has 1 nitrogen and oxygen atoms in total. The summed E-state index contributed by atoms with van der Waals surface area (Å²) in [7, 11) is 0. The van der Waals surface area contributed by atoms with Crippen LogP contribution in [0.4, 0.5) is 13.2 Å². The second-order valence-electron chi connectivity index (χ2n) is 5.17. The van der Waals surface area contributed by atoms with Crippen LogP contribution in [0.15, 0.2) is 24.3 Å². The molecule has 2 unspecified atom stereocenters. The summed E-state index contributed by atoms with van der Waals surface area (Å²) >= 11 is 0. The minimum Gasteiger partial charge on any atom is -0.327 e. The third-order valence-corrected chi connectivity index (χ3v) is 3.45. The summed E-state index contributed by atoms with van der Waals surface area (Å²) in [5, 5.41) is 0. The average Bonchev–Trinajstić information content (AvgIpc) is 2.27. The second kappa shape index (κ2) is 5.74. The van der Waals surface area contributed by atoms with Crippen LogP contribution in [0.3, 0.4) is 0 Å². The van der Waals surface area contributed by atoms with Gasteiger partial charge in [-0.3, -0.25) is 0 Å². The molecule has 0 amide bonds. The van der Waals surface area contributed by atoms with Crippen LogP contribution < -0.4 is 5.73 Å². The van der Waals surface area contributed by atoms with Gasteiger partial charge in [0.1, 0.15) is 0 Å². The number of hydrogen-bond donors (Lipinski definition) is 1. The van der Waals surface area contributed by atoms with E-state index in [9.17, 15) is 13.2 Å². The summed E-state index contributed by atoms with van der Waals surface area (Å²) in [6.45, 7) is 6.16. The van der Waals surface area contributed by atoms with Gasteiger partial charge in [-0.25, -0.2) is 0 Å². The van der Waals surface area contributed by atoms with Crippen LogP contribution in [0, 0.1) is 11.8 Å². The van der Waals surface area contributed by atoms with Crippen molar-refractivity contribution in [2.75, 3.05) is 0 Å². The Labute approximate surface area is 106 Å². The van der Waals surface area contributed by atoms with Crippen LogP contribution in [-0.4, -0.2) is 6.04 Å². The molecule has 0 saturated carbocycles. The first-order chi connectivity index (χ1) is 8.21. The molecule has 0 radical (unpaired) electrons. The Hall–Kier alpha value is -1.03. The fraction of sp³-hybridized carbons (Fsp3) is 0.571. The number of rotatable bonds is 4. The summed E-state index contributed by atoms with van der Waals surface area (Å²) in [4.78, 5) is 0. The maximum absolute atomic E-state index is 12.6. The topological polar surface area (TPSA) is 26.0 Å². The van der Waals surface area contributed by atoms with Gasteiger partial charge >= 0.3 is 6.18 Å². The fourth-order valence-corrected chi connectivity index (χ4v) is 1.83. The van der Waals surface area contributed by atoms with Gasteiger partial charge < -0.3 is 5.73 Å². The molecule has 4 heteroatoms. The van der Waals surface area contributed by atoms with E-state index >= 15 is 0 Å². The monoisotopic (exact) mass is 259 g/mol. The number of alkyl halides is 3. The van der Waals surface area contributed by atoms with Crippen LogP contribution in [0.5, 0.6) is 0 Å². The zero-order valence-electron chi connectivity index (χ0n) is 11.0. The fourth-order valence-electron chi connectivity index (χ4n) is 1.83. The van der Waals surface area contributed by atoms with E-state index < -0.39 is 11.7 Å². The lowest BCUT2D eigenvalue weighted by Gasteiger charge is -2.23. The van der Waals surface area contributed by atoms with Crippen molar-refractivity contribution in [1.82, 2.24) is 0 Å². The zero-order chi connectivity index (χ0) is 13.9. The van der Waals surface area contributed by atoms with Crippen molar-refractivity contribution >= 4 is 0 Å². The number of nitrogens with two attached hydrogens (primary N) is 1. The Morgan fingerprint density at radius 3 is 2.28 bits per heavy atom. The summed E-state index contributed by atoms with van der Waals surface area (Å²) in [6.07, 6.45) is -3.81.